The molecule has 1 heterocycles. The number of unbranched alkanes of at least 4 members (excludes halogenated alkanes) is 4. The predicted molar refractivity (Wildman–Crippen MR) is 92.5 cm³/mol. The van der Waals surface area contributed by atoms with E-state index in [4.69, 9.17) is 0 Å². The van der Waals surface area contributed by atoms with Crippen molar-refractivity contribution in [3.05, 3.63) is 35.4 Å². The minimum Gasteiger partial charge on any atom is -0.274 e. The zero-order valence-electron chi connectivity index (χ0n) is 13.3. The number of benzene rings is 1. The molecule has 0 aliphatic carbocycles. The standard InChI is InChI=1S/C18H25NO2S/c1-2-3-13-22-14-9-5-4-8-12-19-17(20)15-10-6-7-11-16(15)18(19)21/h6-7,10-11H,2-5,8-9,12-14H2,1H3. The van der Waals surface area contributed by atoms with Crippen LogP contribution in [-0.2, 0) is 0 Å². The van der Waals surface area contributed by atoms with Gasteiger partial charge in [0, 0.05) is 6.54 Å². The van der Waals surface area contributed by atoms with E-state index in [0.717, 1.165) is 12.8 Å². The number of hydrogen-bond donors (Lipinski definition) is 0. The largest absolute Gasteiger partial charge is 0.274 e. The molecule has 0 spiro atoms. The SMILES string of the molecule is CCCCSCCCCCCN1C(=O)c2ccccc2C1=O. The van der Waals surface area contributed by atoms with E-state index in [-0.39, 0.29) is 11.8 Å². The van der Waals surface area contributed by atoms with Gasteiger partial charge in [-0.15, -0.1) is 0 Å². The summed E-state index contributed by atoms with van der Waals surface area (Å²) in [6, 6.07) is 7.10. The Labute approximate surface area is 137 Å². The first-order valence-electron chi connectivity index (χ1n) is 8.28. The van der Waals surface area contributed by atoms with Crippen LogP contribution in [0.15, 0.2) is 24.3 Å². The van der Waals surface area contributed by atoms with E-state index in [1.165, 1.54) is 42.1 Å². The third-order valence-electron chi connectivity index (χ3n) is 3.94. The molecule has 120 valence electrons. The molecule has 3 nitrogen and oxygen atoms in total. The molecule has 0 atom stereocenters. The summed E-state index contributed by atoms with van der Waals surface area (Å²) in [5, 5.41) is 0. The number of thioether (sulfide) groups is 1. The van der Waals surface area contributed by atoms with Gasteiger partial charge >= 0.3 is 0 Å². The molecule has 1 aromatic rings. The zero-order chi connectivity index (χ0) is 15.8. The Balaban J connectivity index is 1.63. The van der Waals surface area contributed by atoms with Gasteiger partial charge < -0.3 is 0 Å². The first-order valence-corrected chi connectivity index (χ1v) is 9.44. The van der Waals surface area contributed by atoms with Crippen molar-refractivity contribution in [3.63, 3.8) is 0 Å². The summed E-state index contributed by atoms with van der Waals surface area (Å²) in [4.78, 5) is 25.8. The quantitative estimate of drug-likeness (QED) is 0.474. The van der Waals surface area contributed by atoms with Crippen molar-refractivity contribution in [1.82, 2.24) is 4.90 Å². The van der Waals surface area contributed by atoms with Crippen LogP contribution < -0.4 is 0 Å². The minimum atomic E-state index is -0.129. The second-order valence-electron chi connectivity index (χ2n) is 5.69. The third kappa shape index (κ3) is 4.35. The lowest BCUT2D eigenvalue weighted by Crippen LogP contribution is -2.30. The number of amides is 2. The van der Waals surface area contributed by atoms with E-state index in [2.05, 4.69) is 6.92 Å². The Morgan fingerprint density at radius 1 is 0.864 bits per heavy atom. The van der Waals surface area contributed by atoms with Gasteiger partial charge in [0.05, 0.1) is 11.1 Å². The number of rotatable bonds is 10. The van der Waals surface area contributed by atoms with Crippen LogP contribution in [0.4, 0.5) is 0 Å². The first kappa shape index (κ1) is 17.1. The number of carbonyl (C=O) groups is 2. The van der Waals surface area contributed by atoms with E-state index in [9.17, 15) is 9.59 Å². The van der Waals surface area contributed by atoms with Crippen molar-refractivity contribution in [2.45, 2.75) is 45.4 Å². The lowest BCUT2D eigenvalue weighted by atomic mass is 10.1. The van der Waals surface area contributed by atoms with Gasteiger partial charge in [-0.2, -0.15) is 11.8 Å². The Bertz CT molecular complexity index is 481. The fourth-order valence-electron chi connectivity index (χ4n) is 2.62. The molecule has 22 heavy (non-hydrogen) atoms. The van der Waals surface area contributed by atoms with Crippen molar-refractivity contribution in [1.29, 1.82) is 0 Å². The van der Waals surface area contributed by atoms with Gasteiger partial charge in [-0.05, 0) is 42.9 Å². The van der Waals surface area contributed by atoms with Crippen LogP contribution in [-0.4, -0.2) is 34.8 Å². The fourth-order valence-corrected chi connectivity index (χ4v) is 3.72. The van der Waals surface area contributed by atoms with Gasteiger partial charge in [0.15, 0.2) is 0 Å². The van der Waals surface area contributed by atoms with Crippen molar-refractivity contribution in [2.75, 3.05) is 18.1 Å². The highest BCUT2D eigenvalue weighted by molar-refractivity contribution is 7.99. The van der Waals surface area contributed by atoms with Gasteiger partial charge in [0.1, 0.15) is 0 Å². The van der Waals surface area contributed by atoms with Gasteiger partial charge in [-0.25, -0.2) is 0 Å². The molecule has 1 aliphatic heterocycles. The molecule has 0 fully saturated rings. The average Bonchev–Trinajstić information content (AvgIpc) is 2.78. The second-order valence-corrected chi connectivity index (χ2v) is 6.91. The summed E-state index contributed by atoms with van der Waals surface area (Å²) < 4.78 is 0. The number of carbonyl (C=O) groups excluding carboxylic acids is 2. The van der Waals surface area contributed by atoms with Gasteiger partial charge in [-0.1, -0.05) is 38.3 Å². The van der Waals surface area contributed by atoms with E-state index in [1.54, 1.807) is 12.1 Å². The van der Waals surface area contributed by atoms with Gasteiger partial charge in [0.25, 0.3) is 11.8 Å². The Morgan fingerprint density at radius 3 is 2.09 bits per heavy atom. The highest BCUT2D eigenvalue weighted by Gasteiger charge is 2.34. The molecule has 0 aromatic heterocycles. The Kier molecular flexibility index (Phi) is 6.97. The minimum absolute atomic E-state index is 0.129. The van der Waals surface area contributed by atoms with Crippen LogP contribution in [0.25, 0.3) is 0 Å². The summed E-state index contributed by atoms with van der Waals surface area (Å²) in [7, 11) is 0. The molecule has 2 rings (SSSR count). The molecule has 0 unspecified atom stereocenters. The van der Waals surface area contributed by atoms with Crippen LogP contribution in [0.3, 0.4) is 0 Å². The first-order chi connectivity index (χ1) is 10.8. The fraction of sp³-hybridized carbons (Fsp3) is 0.556. The lowest BCUT2D eigenvalue weighted by molar-refractivity contribution is 0.0651. The number of imide groups is 1. The number of hydrogen-bond acceptors (Lipinski definition) is 3. The van der Waals surface area contributed by atoms with E-state index in [1.807, 2.05) is 23.9 Å². The van der Waals surface area contributed by atoms with E-state index < -0.39 is 0 Å². The molecule has 1 aromatic carbocycles. The van der Waals surface area contributed by atoms with Crippen molar-refractivity contribution < 1.29 is 9.59 Å². The van der Waals surface area contributed by atoms with Crippen LogP contribution in [0.5, 0.6) is 0 Å². The van der Waals surface area contributed by atoms with Crippen LogP contribution in [0, 0.1) is 0 Å². The van der Waals surface area contributed by atoms with E-state index >= 15 is 0 Å². The monoisotopic (exact) mass is 319 g/mol. The second kappa shape index (κ2) is 8.99. The highest BCUT2D eigenvalue weighted by atomic mass is 32.2. The van der Waals surface area contributed by atoms with Crippen molar-refractivity contribution in [2.24, 2.45) is 0 Å². The van der Waals surface area contributed by atoms with Gasteiger partial charge in [0.2, 0.25) is 0 Å². The molecule has 0 radical (unpaired) electrons. The number of nitrogens with zero attached hydrogens (tertiary/aromatic N) is 1. The van der Waals surface area contributed by atoms with E-state index in [0.29, 0.717) is 17.7 Å². The molecular weight excluding hydrogens is 294 g/mol. The molecule has 0 saturated heterocycles. The molecule has 0 N–H and O–H groups in total. The highest BCUT2D eigenvalue weighted by Crippen LogP contribution is 2.22. The molecule has 0 saturated carbocycles. The average molecular weight is 319 g/mol. The maximum Gasteiger partial charge on any atom is 0.261 e. The molecule has 4 heteroatoms. The lowest BCUT2D eigenvalue weighted by Gasteiger charge is -2.13. The predicted octanol–water partition coefficient (Wildman–Crippen LogP) is 4.38. The summed E-state index contributed by atoms with van der Waals surface area (Å²) >= 11 is 2.03. The molecule has 1 aliphatic rings. The summed E-state index contributed by atoms with van der Waals surface area (Å²) in [6.45, 7) is 2.77. The zero-order valence-corrected chi connectivity index (χ0v) is 14.2. The van der Waals surface area contributed by atoms with Crippen molar-refractivity contribution >= 4 is 23.6 Å². The maximum atomic E-state index is 12.2. The third-order valence-corrected chi connectivity index (χ3v) is 5.10. The Hall–Kier alpha value is -1.29. The summed E-state index contributed by atoms with van der Waals surface area (Å²) in [5.41, 5.74) is 1.11. The maximum absolute atomic E-state index is 12.2. The normalized spacial score (nSPS) is 13.8. The van der Waals surface area contributed by atoms with Crippen LogP contribution >= 0.6 is 11.8 Å². The van der Waals surface area contributed by atoms with Crippen molar-refractivity contribution in [3.8, 4) is 0 Å². The molecule has 0 bridgehead atoms. The number of fused-ring (bicyclic) bond motifs is 1. The summed E-state index contributed by atoms with van der Waals surface area (Å²) in [5.74, 6) is 2.24. The van der Waals surface area contributed by atoms with Crippen LogP contribution in [0.2, 0.25) is 0 Å². The summed E-state index contributed by atoms with van der Waals surface area (Å²) in [6.07, 6.45) is 6.99. The molecule has 2 amide bonds. The Morgan fingerprint density at radius 2 is 1.45 bits per heavy atom. The van der Waals surface area contributed by atoms with Gasteiger partial charge in [-0.3, -0.25) is 14.5 Å². The smallest absolute Gasteiger partial charge is 0.261 e. The topological polar surface area (TPSA) is 37.4 Å². The molecular formula is C18H25NO2S. The van der Waals surface area contributed by atoms with Crippen LogP contribution in [0.1, 0.15) is 66.2 Å².